The van der Waals surface area contributed by atoms with Gasteiger partial charge in [0.2, 0.25) is 5.91 Å². The highest BCUT2D eigenvalue weighted by molar-refractivity contribution is 7.07. The van der Waals surface area contributed by atoms with Crippen molar-refractivity contribution in [2.45, 2.75) is 25.8 Å². The van der Waals surface area contributed by atoms with Crippen molar-refractivity contribution >= 4 is 17.2 Å². The first-order chi connectivity index (χ1) is 7.65. The molecule has 2 atom stereocenters. The molecule has 1 saturated heterocycles. The van der Waals surface area contributed by atoms with Gasteiger partial charge >= 0.3 is 0 Å². The van der Waals surface area contributed by atoms with Crippen molar-refractivity contribution in [1.82, 2.24) is 4.90 Å². The SMILES string of the molecule is CC1CC(N)CN(C(=O)Cc2ccsc2)C1. The minimum atomic E-state index is 0.148. The van der Waals surface area contributed by atoms with Crippen LogP contribution in [0.2, 0.25) is 0 Å². The fourth-order valence-electron chi connectivity index (χ4n) is 2.28. The quantitative estimate of drug-likeness (QED) is 0.848. The van der Waals surface area contributed by atoms with Crippen LogP contribution in [0.25, 0.3) is 0 Å². The van der Waals surface area contributed by atoms with E-state index in [1.54, 1.807) is 11.3 Å². The molecule has 0 spiro atoms. The smallest absolute Gasteiger partial charge is 0.227 e. The van der Waals surface area contributed by atoms with E-state index in [4.69, 9.17) is 5.73 Å². The number of hydrogen-bond donors (Lipinski definition) is 1. The number of nitrogens with two attached hydrogens (primary N) is 1. The van der Waals surface area contributed by atoms with Gasteiger partial charge in [0.25, 0.3) is 0 Å². The second-order valence-corrected chi connectivity index (χ2v) is 5.49. The molecule has 4 heteroatoms. The summed E-state index contributed by atoms with van der Waals surface area (Å²) in [6, 6.07) is 2.16. The molecule has 1 fully saturated rings. The van der Waals surface area contributed by atoms with Crippen LogP contribution in [0, 0.1) is 5.92 Å². The lowest BCUT2D eigenvalue weighted by Crippen LogP contribution is -2.49. The summed E-state index contributed by atoms with van der Waals surface area (Å²) >= 11 is 1.63. The van der Waals surface area contributed by atoms with Crippen LogP contribution >= 0.6 is 11.3 Å². The third-order valence-electron chi connectivity index (χ3n) is 2.98. The normalized spacial score (nSPS) is 25.8. The van der Waals surface area contributed by atoms with Crippen LogP contribution in [0.4, 0.5) is 0 Å². The molecule has 0 bridgehead atoms. The van der Waals surface area contributed by atoms with E-state index in [0.717, 1.165) is 18.5 Å². The molecule has 2 rings (SSSR count). The molecule has 16 heavy (non-hydrogen) atoms. The number of nitrogens with zero attached hydrogens (tertiary/aromatic N) is 1. The number of amides is 1. The van der Waals surface area contributed by atoms with E-state index >= 15 is 0 Å². The van der Waals surface area contributed by atoms with Gasteiger partial charge in [0, 0.05) is 19.1 Å². The first kappa shape index (κ1) is 11.6. The molecule has 1 aromatic rings. The zero-order valence-electron chi connectivity index (χ0n) is 9.56. The lowest BCUT2D eigenvalue weighted by Gasteiger charge is -2.34. The molecule has 1 aliphatic heterocycles. The predicted octanol–water partition coefficient (Wildman–Crippen LogP) is 1.49. The maximum Gasteiger partial charge on any atom is 0.227 e. The minimum absolute atomic E-state index is 0.148. The van der Waals surface area contributed by atoms with Gasteiger partial charge in [0.05, 0.1) is 6.42 Å². The molecular formula is C12H18N2OS. The molecule has 2 heterocycles. The van der Waals surface area contributed by atoms with E-state index < -0.39 is 0 Å². The second kappa shape index (κ2) is 4.97. The van der Waals surface area contributed by atoms with Gasteiger partial charge in [0.1, 0.15) is 0 Å². The molecule has 2 N–H and O–H groups in total. The van der Waals surface area contributed by atoms with Crippen molar-refractivity contribution in [1.29, 1.82) is 0 Å². The maximum atomic E-state index is 12.0. The van der Waals surface area contributed by atoms with Crippen molar-refractivity contribution in [2.75, 3.05) is 13.1 Å². The topological polar surface area (TPSA) is 46.3 Å². The number of likely N-dealkylation sites (tertiary alicyclic amines) is 1. The van der Waals surface area contributed by atoms with Gasteiger partial charge < -0.3 is 10.6 Å². The third-order valence-corrected chi connectivity index (χ3v) is 3.71. The molecule has 1 aliphatic rings. The Bertz CT molecular complexity index is 340. The number of hydrogen-bond acceptors (Lipinski definition) is 3. The Kier molecular flexibility index (Phi) is 3.61. The van der Waals surface area contributed by atoms with E-state index in [1.165, 1.54) is 0 Å². The van der Waals surface area contributed by atoms with E-state index in [2.05, 4.69) is 6.92 Å². The lowest BCUT2D eigenvalue weighted by atomic mass is 9.96. The molecule has 2 unspecified atom stereocenters. The summed E-state index contributed by atoms with van der Waals surface area (Å²) in [6.45, 7) is 3.73. The highest BCUT2D eigenvalue weighted by Gasteiger charge is 2.25. The summed E-state index contributed by atoms with van der Waals surface area (Å²) in [6.07, 6.45) is 1.55. The van der Waals surface area contributed by atoms with Crippen molar-refractivity contribution in [3.63, 3.8) is 0 Å². The van der Waals surface area contributed by atoms with Gasteiger partial charge in [-0.1, -0.05) is 6.92 Å². The van der Waals surface area contributed by atoms with Crippen LogP contribution in [0.5, 0.6) is 0 Å². The highest BCUT2D eigenvalue weighted by atomic mass is 32.1. The number of carbonyl (C=O) groups is 1. The summed E-state index contributed by atoms with van der Waals surface area (Å²) in [5.41, 5.74) is 7.05. The number of carbonyl (C=O) groups excluding carboxylic acids is 1. The van der Waals surface area contributed by atoms with Crippen LogP contribution < -0.4 is 5.73 Å². The Labute approximate surface area is 100 Å². The largest absolute Gasteiger partial charge is 0.341 e. The van der Waals surface area contributed by atoms with Crippen LogP contribution in [0.15, 0.2) is 16.8 Å². The summed E-state index contributed by atoms with van der Waals surface area (Å²) in [7, 11) is 0. The van der Waals surface area contributed by atoms with Crippen molar-refractivity contribution in [3.8, 4) is 0 Å². The van der Waals surface area contributed by atoms with Crippen LogP contribution in [-0.2, 0) is 11.2 Å². The van der Waals surface area contributed by atoms with Gasteiger partial charge in [0.15, 0.2) is 0 Å². The van der Waals surface area contributed by atoms with E-state index in [1.807, 2.05) is 21.7 Å². The summed E-state index contributed by atoms with van der Waals surface area (Å²) < 4.78 is 0. The zero-order valence-corrected chi connectivity index (χ0v) is 10.4. The molecule has 1 aromatic heterocycles. The van der Waals surface area contributed by atoms with Crippen LogP contribution in [0.3, 0.4) is 0 Å². The van der Waals surface area contributed by atoms with Gasteiger partial charge in [-0.2, -0.15) is 11.3 Å². The number of thiophene rings is 1. The predicted molar refractivity (Wildman–Crippen MR) is 66.4 cm³/mol. The molecule has 0 aromatic carbocycles. The number of piperidine rings is 1. The lowest BCUT2D eigenvalue weighted by molar-refractivity contribution is -0.132. The zero-order chi connectivity index (χ0) is 11.5. The van der Waals surface area contributed by atoms with E-state index in [-0.39, 0.29) is 11.9 Å². The first-order valence-corrected chi connectivity index (χ1v) is 6.64. The summed E-state index contributed by atoms with van der Waals surface area (Å²) in [5.74, 6) is 0.732. The Hall–Kier alpha value is -0.870. The fraction of sp³-hybridized carbons (Fsp3) is 0.583. The van der Waals surface area contributed by atoms with Crippen molar-refractivity contribution in [3.05, 3.63) is 22.4 Å². The van der Waals surface area contributed by atoms with Gasteiger partial charge in [-0.3, -0.25) is 4.79 Å². The Morgan fingerprint density at radius 3 is 3.06 bits per heavy atom. The van der Waals surface area contributed by atoms with Crippen LogP contribution in [0.1, 0.15) is 18.9 Å². The van der Waals surface area contributed by atoms with E-state index in [0.29, 0.717) is 18.9 Å². The van der Waals surface area contributed by atoms with Crippen molar-refractivity contribution in [2.24, 2.45) is 11.7 Å². The summed E-state index contributed by atoms with van der Waals surface area (Å²) in [4.78, 5) is 13.9. The van der Waals surface area contributed by atoms with Gasteiger partial charge in [-0.25, -0.2) is 0 Å². The Morgan fingerprint density at radius 2 is 2.44 bits per heavy atom. The van der Waals surface area contributed by atoms with Crippen molar-refractivity contribution < 1.29 is 4.79 Å². The fourth-order valence-corrected chi connectivity index (χ4v) is 2.95. The monoisotopic (exact) mass is 238 g/mol. The minimum Gasteiger partial charge on any atom is -0.341 e. The molecule has 0 aliphatic carbocycles. The summed E-state index contributed by atoms with van der Waals surface area (Å²) in [5, 5.41) is 4.04. The average Bonchev–Trinajstić information content (AvgIpc) is 2.68. The highest BCUT2D eigenvalue weighted by Crippen LogP contribution is 2.16. The molecule has 0 radical (unpaired) electrons. The Morgan fingerprint density at radius 1 is 1.62 bits per heavy atom. The first-order valence-electron chi connectivity index (χ1n) is 5.69. The molecule has 1 amide bonds. The number of rotatable bonds is 2. The van der Waals surface area contributed by atoms with E-state index in [9.17, 15) is 4.79 Å². The third kappa shape index (κ3) is 2.83. The standard InChI is InChI=1S/C12H18N2OS/c1-9-4-11(13)7-14(6-9)12(15)5-10-2-3-16-8-10/h2-3,8-9,11H,4-7,13H2,1H3. The average molecular weight is 238 g/mol. The molecule has 3 nitrogen and oxygen atoms in total. The second-order valence-electron chi connectivity index (χ2n) is 4.71. The van der Waals surface area contributed by atoms with Gasteiger partial charge in [-0.05, 0) is 34.7 Å². The van der Waals surface area contributed by atoms with Gasteiger partial charge in [-0.15, -0.1) is 0 Å². The van der Waals surface area contributed by atoms with Crippen LogP contribution in [-0.4, -0.2) is 29.9 Å². The molecule has 88 valence electrons. The molecule has 0 saturated carbocycles. The Balaban J connectivity index is 1.94. The molecular weight excluding hydrogens is 220 g/mol. The maximum absolute atomic E-state index is 12.0.